The lowest BCUT2D eigenvalue weighted by atomic mass is 10.4. The van der Waals surface area contributed by atoms with Gasteiger partial charge in [0.05, 0.1) is 9.50 Å². The highest BCUT2D eigenvalue weighted by molar-refractivity contribution is 9.10. The summed E-state index contributed by atoms with van der Waals surface area (Å²) in [5, 5.41) is 3.92. The fourth-order valence-electron chi connectivity index (χ4n) is 1.42. The van der Waals surface area contributed by atoms with Crippen LogP contribution in [-0.4, -0.2) is 36.1 Å². The average Bonchev–Trinajstić information content (AvgIpc) is 2.27. The molecule has 0 aliphatic rings. The third-order valence-electron chi connectivity index (χ3n) is 2.42. The monoisotopic (exact) mass is 305 g/mol. The first kappa shape index (κ1) is 13.7. The number of nitrogens with zero attached hydrogens (tertiary/aromatic N) is 2. The average molecular weight is 307 g/mol. The van der Waals surface area contributed by atoms with Crippen LogP contribution in [0.3, 0.4) is 0 Å². The Morgan fingerprint density at radius 2 is 2.12 bits per heavy atom. The quantitative estimate of drug-likeness (QED) is 0.874. The van der Waals surface area contributed by atoms with E-state index in [2.05, 4.69) is 45.0 Å². The second kappa shape index (κ2) is 7.09. The van der Waals surface area contributed by atoms with Crippen LogP contribution in [0.15, 0.2) is 16.7 Å². The lowest BCUT2D eigenvalue weighted by Crippen LogP contribution is -2.28. The van der Waals surface area contributed by atoms with Crippen molar-refractivity contribution in [3.8, 4) is 0 Å². The first-order valence-corrected chi connectivity index (χ1v) is 6.61. The summed E-state index contributed by atoms with van der Waals surface area (Å²) in [5.74, 6) is 0.844. The largest absolute Gasteiger partial charge is 0.368 e. The number of halogens is 2. The van der Waals surface area contributed by atoms with Gasteiger partial charge in [-0.1, -0.05) is 25.4 Å². The van der Waals surface area contributed by atoms with Gasteiger partial charge in [-0.05, 0) is 35.1 Å². The smallest absolute Gasteiger partial charge is 0.140 e. The molecule has 90 valence electrons. The topological polar surface area (TPSA) is 28.2 Å². The lowest BCUT2D eigenvalue weighted by molar-refractivity contribution is 0.316. The van der Waals surface area contributed by atoms with Crippen molar-refractivity contribution in [2.45, 2.75) is 13.8 Å². The minimum absolute atomic E-state index is 0.640. The van der Waals surface area contributed by atoms with Crippen LogP contribution in [-0.2, 0) is 0 Å². The number of anilines is 1. The molecular formula is C11H17BrClN3. The van der Waals surface area contributed by atoms with Gasteiger partial charge >= 0.3 is 0 Å². The van der Waals surface area contributed by atoms with E-state index in [4.69, 9.17) is 11.6 Å². The van der Waals surface area contributed by atoms with Gasteiger partial charge in [0.25, 0.3) is 0 Å². The van der Waals surface area contributed by atoms with Gasteiger partial charge in [0.15, 0.2) is 0 Å². The molecule has 0 aliphatic heterocycles. The summed E-state index contributed by atoms with van der Waals surface area (Å²) < 4.78 is 0.902. The summed E-state index contributed by atoms with van der Waals surface area (Å²) in [7, 11) is 0. The highest BCUT2D eigenvalue weighted by atomic mass is 79.9. The highest BCUT2D eigenvalue weighted by Crippen LogP contribution is 2.22. The Labute approximate surface area is 110 Å². The van der Waals surface area contributed by atoms with E-state index < -0.39 is 0 Å². The maximum Gasteiger partial charge on any atom is 0.140 e. The number of rotatable bonds is 6. The van der Waals surface area contributed by atoms with Crippen molar-refractivity contribution >= 4 is 33.3 Å². The zero-order valence-electron chi connectivity index (χ0n) is 9.63. The third-order valence-corrected chi connectivity index (χ3v) is 3.23. The first-order valence-electron chi connectivity index (χ1n) is 5.44. The molecule has 16 heavy (non-hydrogen) atoms. The van der Waals surface area contributed by atoms with Gasteiger partial charge in [-0.3, -0.25) is 0 Å². The highest BCUT2D eigenvalue weighted by Gasteiger charge is 2.03. The number of hydrogen-bond donors (Lipinski definition) is 1. The Kier molecular flexibility index (Phi) is 6.09. The summed E-state index contributed by atoms with van der Waals surface area (Å²) >= 11 is 9.24. The van der Waals surface area contributed by atoms with Crippen molar-refractivity contribution in [2.75, 3.05) is 31.5 Å². The molecule has 0 saturated heterocycles. The van der Waals surface area contributed by atoms with Gasteiger partial charge in [0.1, 0.15) is 5.82 Å². The van der Waals surface area contributed by atoms with Gasteiger partial charge in [-0.15, -0.1) is 0 Å². The maximum absolute atomic E-state index is 5.82. The number of pyridine rings is 1. The van der Waals surface area contributed by atoms with E-state index in [1.54, 1.807) is 6.20 Å². The molecule has 0 amide bonds. The Balaban J connectivity index is 2.42. The predicted molar refractivity (Wildman–Crippen MR) is 73.2 cm³/mol. The zero-order valence-corrected chi connectivity index (χ0v) is 12.0. The zero-order chi connectivity index (χ0) is 12.0. The molecule has 3 nitrogen and oxygen atoms in total. The van der Waals surface area contributed by atoms with Crippen LogP contribution < -0.4 is 5.32 Å². The van der Waals surface area contributed by atoms with Crippen molar-refractivity contribution < 1.29 is 0 Å². The second-order valence-corrected chi connectivity index (χ2v) is 4.73. The van der Waals surface area contributed by atoms with Crippen LogP contribution in [0.4, 0.5) is 5.82 Å². The van der Waals surface area contributed by atoms with Crippen molar-refractivity contribution in [3.05, 3.63) is 21.8 Å². The Morgan fingerprint density at radius 3 is 2.69 bits per heavy atom. The molecule has 1 aromatic rings. The molecule has 0 spiro atoms. The van der Waals surface area contributed by atoms with Gasteiger partial charge < -0.3 is 10.2 Å². The fraction of sp³-hybridized carbons (Fsp3) is 0.545. The number of aromatic nitrogens is 1. The summed E-state index contributed by atoms with van der Waals surface area (Å²) in [5.41, 5.74) is 0. The van der Waals surface area contributed by atoms with Gasteiger partial charge in [0, 0.05) is 19.3 Å². The Bertz CT molecular complexity index is 329. The molecule has 5 heteroatoms. The molecule has 0 saturated carbocycles. The van der Waals surface area contributed by atoms with E-state index in [0.29, 0.717) is 5.02 Å². The first-order chi connectivity index (χ1) is 7.67. The Morgan fingerprint density at radius 1 is 1.44 bits per heavy atom. The van der Waals surface area contributed by atoms with Gasteiger partial charge in [0.2, 0.25) is 0 Å². The molecule has 1 rings (SSSR count). The maximum atomic E-state index is 5.82. The van der Waals surface area contributed by atoms with Crippen LogP contribution >= 0.6 is 27.5 Å². The SMILES string of the molecule is CCN(CC)CCNc1ncc(Cl)cc1Br. The van der Waals surface area contributed by atoms with Gasteiger partial charge in [-0.25, -0.2) is 4.98 Å². The minimum Gasteiger partial charge on any atom is -0.368 e. The molecule has 0 aliphatic carbocycles. The van der Waals surface area contributed by atoms with E-state index in [9.17, 15) is 0 Å². The van der Waals surface area contributed by atoms with Crippen molar-refractivity contribution in [1.29, 1.82) is 0 Å². The van der Waals surface area contributed by atoms with E-state index in [1.807, 2.05) is 6.07 Å². The molecule has 0 radical (unpaired) electrons. The van der Waals surface area contributed by atoms with Crippen LogP contribution in [0, 0.1) is 0 Å². The van der Waals surface area contributed by atoms with E-state index in [1.165, 1.54) is 0 Å². The van der Waals surface area contributed by atoms with Crippen LogP contribution in [0.25, 0.3) is 0 Å². The van der Waals surface area contributed by atoms with Crippen molar-refractivity contribution in [1.82, 2.24) is 9.88 Å². The molecule has 0 aromatic carbocycles. The summed E-state index contributed by atoms with van der Waals surface area (Å²) in [6.07, 6.45) is 1.64. The van der Waals surface area contributed by atoms with E-state index in [0.717, 1.165) is 36.5 Å². The van der Waals surface area contributed by atoms with Crippen LogP contribution in [0.1, 0.15) is 13.8 Å². The summed E-state index contributed by atoms with van der Waals surface area (Å²) in [6.45, 7) is 8.39. The number of likely N-dealkylation sites (N-methyl/N-ethyl adjacent to an activating group) is 1. The molecule has 1 N–H and O–H groups in total. The summed E-state index contributed by atoms with van der Waals surface area (Å²) in [4.78, 5) is 6.58. The standard InChI is InChI=1S/C11H17BrClN3/c1-3-16(4-2)6-5-14-11-10(12)7-9(13)8-15-11/h7-8H,3-6H2,1-2H3,(H,14,15). The molecule has 1 aromatic heterocycles. The van der Waals surface area contributed by atoms with Crippen molar-refractivity contribution in [3.63, 3.8) is 0 Å². The Hall–Kier alpha value is -0.320. The van der Waals surface area contributed by atoms with Crippen molar-refractivity contribution in [2.24, 2.45) is 0 Å². The predicted octanol–water partition coefficient (Wildman–Crippen LogP) is 3.25. The van der Waals surface area contributed by atoms with E-state index >= 15 is 0 Å². The third kappa shape index (κ3) is 4.28. The van der Waals surface area contributed by atoms with Gasteiger partial charge in [-0.2, -0.15) is 0 Å². The minimum atomic E-state index is 0.640. The molecule has 0 fully saturated rings. The second-order valence-electron chi connectivity index (χ2n) is 3.44. The lowest BCUT2D eigenvalue weighted by Gasteiger charge is -2.18. The molecular weight excluding hydrogens is 289 g/mol. The van der Waals surface area contributed by atoms with Crippen LogP contribution in [0.2, 0.25) is 5.02 Å². The fourth-order valence-corrected chi connectivity index (χ4v) is 2.20. The van der Waals surface area contributed by atoms with Crippen LogP contribution in [0.5, 0.6) is 0 Å². The molecule has 0 bridgehead atoms. The van der Waals surface area contributed by atoms with E-state index in [-0.39, 0.29) is 0 Å². The number of hydrogen-bond acceptors (Lipinski definition) is 3. The molecule has 0 unspecified atom stereocenters. The normalized spacial score (nSPS) is 10.8. The molecule has 0 atom stereocenters. The molecule has 1 heterocycles. The summed E-state index contributed by atoms with van der Waals surface area (Å²) in [6, 6.07) is 1.84. The number of nitrogens with one attached hydrogen (secondary N) is 1.